The van der Waals surface area contributed by atoms with Gasteiger partial charge in [0.05, 0.1) is 11.6 Å². The Labute approximate surface area is 156 Å². The van der Waals surface area contributed by atoms with E-state index in [1.807, 2.05) is 6.07 Å². The highest BCUT2D eigenvalue weighted by Crippen LogP contribution is 2.24. The summed E-state index contributed by atoms with van der Waals surface area (Å²) in [5.41, 5.74) is 6.14. The SMILES string of the molecule is NC(=O)c1cc(C(=O)N[C@H]2CCCCC[C@H]2C(=O)O)nn1-c1ccccc1. The summed E-state index contributed by atoms with van der Waals surface area (Å²) in [6.07, 6.45) is 3.78. The highest BCUT2D eigenvalue weighted by molar-refractivity contribution is 5.98. The number of amides is 2. The number of carboxylic acid groups (broad SMARTS) is 1. The first-order valence-corrected chi connectivity index (χ1v) is 8.96. The smallest absolute Gasteiger partial charge is 0.308 e. The van der Waals surface area contributed by atoms with E-state index in [4.69, 9.17) is 5.73 Å². The Morgan fingerprint density at radius 3 is 2.48 bits per heavy atom. The first kappa shape index (κ1) is 18.6. The number of rotatable bonds is 5. The van der Waals surface area contributed by atoms with Crippen LogP contribution in [0.4, 0.5) is 0 Å². The molecule has 0 radical (unpaired) electrons. The summed E-state index contributed by atoms with van der Waals surface area (Å²) < 4.78 is 1.32. The fourth-order valence-electron chi connectivity index (χ4n) is 3.45. The highest BCUT2D eigenvalue weighted by Gasteiger charge is 2.31. The molecule has 0 unspecified atom stereocenters. The number of benzene rings is 1. The zero-order chi connectivity index (χ0) is 19.4. The van der Waals surface area contributed by atoms with Gasteiger partial charge in [-0.1, -0.05) is 37.5 Å². The molecule has 1 heterocycles. The van der Waals surface area contributed by atoms with Crippen molar-refractivity contribution in [2.75, 3.05) is 0 Å². The van der Waals surface area contributed by atoms with Gasteiger partial charge in [-0.25, -0.2) is 4.68 Å². The van der Waals surface area contributed by atoms with Gasteiger partial charge in [0.1, 0.15) is 5.69 Å². The van der Waals surface area contributed by atoms with Crippen molar-refractivity contribution in [1.82, 2.24) is 15.1 Å². The van der Waals surface area contributed by atoms with Crippen LogP contribution in [-0.2, 0) is 4.79 Å². The molecule has 0 saturated heterocycles. The minimum absolute atomic E-state index is 0.0287. The molecule has 4 N–H and O–H groups in total. The summed E-state index contributed by atoms with van der Waals surface area (Å²) in [6, 6.07) is 9.74. The predicted octanol–water partition coefficient (Wildman–Crippen LogP) is 1.73. The second-order valence-electron chi connectivity index (χ2n) is 6.69. The molecule has 3 rings (SSSR count). The van der Waals surface area contributed by atoms with Crippen molar-refractivity contribution in [2.45, 2.75) is 38.1 Å². The molecular weight excluding hydrogens is 348 g/mol. The molecule has 8 heteroatoms. The zero-order valence-corrected chi connectivity index (χ0v) is 14.8. The lowest BCUT2D eigenvalue weighted by Gasteiger charge is -2.22. The summed E-state index contributed by atoms with van der Waals surface area (Å²) in [7, 11) is 0. The molecule has 142 valence electrons. The maximum Gasteiger partial charge on any atom is 0.308 e. The van der Waals surface area contributed by atoms with E-state index in [-0.39, 0.29) is 11.4 Å². The molecule has 1 aliphatic carbocycles. The van der Waals surface area contributed by atoms with E-state index in [1.165, 1.54) is 10.7 Å². The number of nitrogens with one attached hydrogen (secondary N) is 1. The number of para-hydroxylation sites is 1. The van der Waals surface area contributed by atoms with Gasteiger partial charge >= 0.3 is 5.97 Å². The van der Waals surface area contributed by atoms with E-state index in [1.54, 1.807) is 24.3 Å². The number of hydrogen-bond acceptors (Lipinski definition) is 4. The van der Waals surface area contributed by atoms with Gasteiger partial charge in [0.2, 0.25) is 0 Å². The summed E-state index contributed by atoms with van der Waals surface area (Å²) >= 11 is 0. The van der Waals surface area contributed by atoms with Gasteiger partial charge in [-0.15, -0.1) is 0 Å². The van der Waals surface area contributed by atoms with Gasteiger partial charge in [-0.3, -0.25) is 14.4 Å². The standard InChI is InChI=1S/C19H22N4O4/c20-17(24)16-11-15(22-23(16)12-7-3-1-4-8-12)18(25)21-14-10-6-2-5-9-13(14)19(26)27/h1,3-4,7-8,11,13-14H,2,5-6,9-10H2,(H2,20,24)(H,21,25)(H,26,27)/t13-,14+/m1/s1. The third kappa shape index (κ3) is 4.16. The normalized spacial score (nSPS) is 19.9. The molecular formula is C19H22N4O4. The average Bonchev–Trinajstić information content (AvgIpc) is 2.97. The maximum atomic E-state index is 12.7. The summed E-state index contributed by atoms with van der Waals surface area (Å²) in [6.45, 7) is 0. The second-order valence-corrected chi connectivity index (χ2v) is 6.69. The molecule has 0 bridgehead atoms. The zero-order valence-electron chi connectivity index (χ0n) is 14.8. The molecule has 0 spiro atoms. The van der Waals surface area contributed by atoms with Crippen LogP contribution in [0.25, 0.3) is 5.69 Å². The predicted molar refractivity (Wildman–Crippen MR) is 97.5 cm³/mol. The summed E-state index contributed by atoms with van der Waals surface area (Å²) in [4.78, 5) is 36.0. The van der Waals surface area contributed by atoms with Crippen LogP contribution < -0.4 is 11.1 Å². The number of carbonyl (C=O) groups is 3. The van der Waals surface area contributed by atoms with Gasteiger partial charge in [-0.05, 0) is 25.0 Å². The van der Waals surface area contributed by atoms with Gasteiger partial charge < -0.3 is 16.2 Å². The van der Waals surface area contributed by atoms with Gasteiger partial charge in [0.25, 0.3) is 11.8 Å². The number of aromatic nitrogens is 2. The Morgan fingerprint density at radius 2 is 1.81 bits per heavy atom. The van der Waals surface area contributed by atoms with Gasteiger partial charge in [0.15, 0.2) is 5.69 Å². The number of aliphatic carboxylic acids is 1. The van der Waals surface area contributed by atoms with E-state index in [0.29, 0.717) is 18.5 Å². The molecule has 8 nitrogen and oxygen atoms in total. The van der Waals surface area contributed by atoms with Crippen molar-refractivity contribution in [2.24, 2.45) is 11.7 Å². The summed E-state index contributed by atoms with van der Waals surface area (Å²) in [5, 5.41) is 16.5. The van der Waals surface area contributed by atoms with Crippen LogP contribution in [0, 0.1) is 5.92 Å². The number of primary amides is 1. The quantitative estimate of drug-likeness (QED) is 0.691. The highest BCUT2D eigenvalue weighted by atomic mass is 16.4. The molecule has 1 aromatic carbocycles. The van der Waals surface area contributed by atoms with E-state index in [2.05, 4.69) is 10.4 Å². The lowest BCUT2D eigenvalue weighted by atomic mass is 9.95. The first-order valence-electron chi connectivity index (χ1n) is 8.96. The van der Waals surface area contributed by atoms with Crippen molar-refractivity contribution in [3.05, 3.63) is 47.8 Å². The Kier molecular flexibility index (Phi) is 5.54. The Morgan fingerprint density at radius 1 is 1.11 bits per heavy atom. The third-order valence-corrected chi connectivity index (χ3v) is 4.84. The number of carboxylic acids is 1. The van der Waals surface area contributed by atoms with Gasteiger partial charge in [0, 0.05) is 12.1 Å². The molecule has 1 saturated carbocycles. The fourth-order valence-corrected chi connectivity index (χ4v) is 3.45. The van der Waals surface area contributed by atoms with Crippen LogP contribution in [0.3, 0.4) is 0 Å². The second kappa shape index (κ2) is 8.03. The third-order valence-electron chi connectivity index (χ3n) is 4.84. The Hall–Kier alpha value is -3.16. The molecule has 2 aromatic rings. The topological polar surface area (TPSA) is 127 Å². The van der Waals surface area contributed by atoms with Crippen molar-refractivity contribution >= 4 is 17.8 Å². The lowest BCUT2D eigenvalue weighted by molar-refractivity contribution is -0.142. The van der Waals surface area contributed by atoms with Crippen molar-refractivity contribution in [3.63, 3.8) is 0 Å². The number of nitrogens with two attached hydrogens (primary N) is 1. The largest absolute Gasteiger partial charge is 0.481 e. The molecule has 0 aliphatic heterocycles. The molecule has 1 aliphatic rings. The summed E-state index contributed by atoms with van der Waals surface area (Å²) in [5.74, 6) is -2.74. The van der Waals surface area contributed by atoms with Crippen molar-refractivity contribution < 1.29 is 19.5 Å². The van der Waals surface area contributed by atoms with Crippen LogP contribution in [-0.4, -0.2) is 38.7 Å². The monoisotopic (exact) mass is 370 g/mol. The minimum Gasteiger partial charge on any atom is -0.481 e. The van der Waals surface area contributed by atoms with Crippen molar-refractivity contribution in [3.8, 4) is 5.69 Å². The van der Waals surface area contributed by atoms with E-state index in [0.717, 1.165) is 19.3 Å². The molecule has 27 heavy (non-hydrogen) atoms. The van der Waals surface area contributed by atoms with Crippen molar-refractivity contribution in [1.29, 1.82) is 0 Å². The Bertz CT molecular complexity index is 847. The maximum absolute atomic E-state index is 12.7. The van der Waals surface area contributed by atoms with Crippen LogP contribution in [0.2, 0.25) is 0 Å². The first-order chi connectivity index (χ1) is 13.0. The minimum atomic E-state index is -0.908. The van der Waals surface area contributed by atoms with Crippen LogP contribution in [0.1, 0.15) is 53.1 Å². The molecule has 1 fully saturated rings. The Balaban J connectivity index is 1.86. The number of nitrogens with zero attached hydrogens (tertiary/aromatic N) is 2. The fraction of sp³-hybridized carbons (Fsp3) is 0.368. The van der Waals surface area contributed by atoms with E-state index < -0.39 is 29.7 Å². The van der Waals surface area contributed by atoms with Crippen LogP contribution in [0.5, 0.6) is 0 Å². The van der Waals surface area contributed by atoms with Crippen LogP contribution >= 0.6 is 0 Å². The van der Waals surface area contributed by atoms with Crippen LogP contribution in [0.15, 0.2) is 36.4 Å². The number of hydrogen-bond donors (Lipinski definition) is 3. The van der Waals surface area contributed by atoms with E-state index in [9.17, 15) is 19.5 Å². The average molecular weight is 370 g/mol. The van der Waals surface area contributed by atoms with E-state index >= 15 is 0 Å². The molecule has 2 amide bonds. The number of carbonyl (C=O) groups excluding carboxylic acids is 2. The van der Waals surface area contributed by atoms with Gasteiger partial charge in [-0.2, -0.15) is 5.10 Å². The lowest BCUT2D eigenvalue weighted by Crippen LogP contribution is -2.43. The molecule has 2 atom stereocenters. The molecule has 1 aromatic heterocycles.